The summed E-state index contributed by atoms with van der Waals surface area (Å²) in [5, 5.41) is 2.20. The van der Waals surface area contributed by atoms with E-state index in [1.54, 1.807) is 0 Å². The molecule has 1 rings (SSSR count). The second-order valence-electron chi connectivity index (χ2n) is 2.55. The summed E-state index contributed by atoms with van der Waals surface area (Å²) in [7, 11) is 0. The maximum atomic E-state index is 10.7. The van der Waals surface area contributed by atoms with Crippen LogP contribution in [-0.2, 0) is 9.59 Å². The largest absolute Gasteiger partial charge is 0.336 e. The van der Waals surface area contributed by atoms with Crippen LogP contribution in [0.2, 0.25) is 0 Å². The summed E-state index contributed by atoms with van der Waals surface area (Å²) in [6.45, 7) is 0. The van der Waals surface area contributed by atoms with Gasteiger partial charge in [0.1, 0.15) is 0 Å². The van der Waals surface area contributed by atoms with E-state index in [4.69, 9.17) is 11.6 Å². The molecular weight excluding hydrogens is 198 g/mol. The summed E-state index contributed by atoms with van der Waals surface area (Å²) in [6.07, 6.45) is 2.71. The van der Waals surface area contributed by atoms with Gasteiger partial charge in [-0.15, -0.1) is 11.6 Å². The summed E-state index contributed by atoms with van der Waals surface area (Å²) in [4.78, 5) is 21.5. The third kappa shape index (κ3) is 2.68. The van der Waals surface area contributed by atoms with Crippen molar-refractivity contribution in [3.05, 3.63) is 0 Å². The van der Waals surface area contributed by atoms with E-state index in [9.17, 15) is 9.59 Å². The van der Waals surface area contributed by atoms with E-state index >= 15 is 0 Å². The van der Waals surface area contributed by atoms with E-state index in [0.717, 1.165) is 31.0 Å². The van der Waals surface area contributed by atoms with Gasteiger partial charge in [-0.25, -0.2) is 0 Å². The van der Waals surface area contributed by atoms with Crippen LogP contribution in [0.5, 0.6) is 0 Å². The first-order valence-electron chi connectivity index (χ1n) is 3.81. The molecule has 1 N–H and O–H groups in total. The first-order valence-corrected chi connectivity index (χ1v) is 5.23. The van der Waals surface area contributed by atoms with Crippen molar-refractivity contribution in [2.24, 2.45) is 0 Å². The van der Waals surface area contributed by atoms with Gasteiger partial charge in [-0.2, -0.15) is 0 Å². The second-order valence-corrected chi connectivity index (χ2v) is 4.11. The molecule has 0 bridgehead atoms. The molecule has 1 aliphatic heterocycles. The molecule has 0 spiro atoms. The lowest BCUT2D eigenvalue weighted by molar-refractivity contribution is -0.132. The van der Waals surface area contributed by atoms with E-state index in [-0.39, 0.29) is 10.5 Å². The topological polar surface area (TPSA) is 46.2 Å². The molecule has 1 saturated heterocycles. The monoisotopic (exact) mass is 207 g/mol. The van der Waals surface area contributed by atoms with Crippen molar-refractivity contribution < 1.29 is 9.59 Å². The summed E-state index contributed by atoms with van der Waals surface area (Å²) >= 11 is 6.56. The Kier molecular flexibility index (Phi) is 3.88. The molecule has 0 aliphatic carbocycles. The SMILES string of the molecule is O=C1NC(CCCCCl)SC1=O. The molecule has 0 aromatic rings. The molecule has 0 aromatic heterocycles. The van der Waals surface area contributed by atoms with Crippen LogP contribution in [0.1, 0.15) is 19.3 Å². The van der Waals surface area contributed by atoms with Gasteiger partial charge in [0.15, 0.2) is 0 Å². The van der Waals surface area contributed by atoms with Gasteiger partial charge in [-0.05, 0) is 19.3 Å². The fourth-order valence-electron chi connectivity index (χ4n) is 0.973. The number of alkyl halides is 1. The number of carbonyl (C=O) groups excluding carboxylic acids is 2. The summed E-state index contributed by atoms with van der Waals surface area (Å²) in [5.74, 6) is 0.176. The van der Waals surface area contributed by atoms with Crippen molar-refractivity contribution in [2.45, 2.75) is 24.6 Å². The van der Waals surface area contributed by atoms with Gasteiger partial charge in [0.25, 0.3) is 11.0 Å². The summed E-state index contributed by atoms with van der Waals surface area (Å²) in [6, 6.07) is 0. The van der Waals surface area contributed by atoms with Crippen LogP contribution in [0.25, 0.3) is 0 Å². The molecule has 1 fully saturated rings. The zero-order valence-electron chi connectivity index (χ0n) is 6.51. The highest BCUT2D eigenvalue weighted by molar-refractivity contribution is 8.16. The van der Waals surface area contributed by atoms with Crippen molar-refractivity contribution in [3.63, 3.8) is 0 Å². The van der Waals surface area contributed by atoms with Crippen molar-refractivity contribution in [1.29, 1.82) is 0 Å². The molecule has 1 amide bonds. The molecule has 0 radical (unpaired) electrons. The van der Waals surface area contributed by atoms with Crippen molar-refractivity contribution in [1.82, 2.24) is 5.32 Å². The van der Waals surface area contributed by atoms with Crippen molar-refractivity contribution in [3.8, 4) is 0 Å². The maximum Gasteiger partial charge on any atom is 0.299 e. The highest BCUT2D eigenvalue weighted by Gasteiger charge is 2.29. The average Bonchev–Trinajstić information content (AvgIpc) is 2.32. The van der Waals surface area contributed by atoms with Crippen molar-refractivity contribution in [2.75, 3.05) is 5.88 Å². The standard InChI is InChI=1S/C7H10ClNO2S/c8-4-2-1-3-5-9-6(10)7(11)12-5/h5H,1-4H2,(H,9,10). The Balaban J connectivity index is 2.19. The van der Waals surface area contributed by atoms with E-state index in [0.29, 0.717) is 5.88 Å². The molecule has 1 aliphatic rings. The predicted molar refractivity (Wildman–Crippen MR) is 49.1 cm³/mol. The van der Waals surface area contributed by atoms with Crippen LogP contribution in [-0.4, -0.2) is 22.3 Å². The van der Waals surface area contributed by atoms with Crippen LogP contribution in [0, 0.1) is 0 Å². The third-order valence-corrected chi connectivity index (χ3v) is 2.88. The van der Waals surface area contributed by atoms with Gasteiger partial charge in [0, 0.05) is 5.88 Å². The van der Waals surface area contributed by atoms with Gasteiger partial charge in [0.05, 0.1) is 5.37 Å². The van der Waals surface area contributed by atoms with Crippen LogP contribution >= 0.6 is 23.4 Å². The molecule has 1 unspecified atom stereocenters. The van der Waals surface area contributed by atoms with E-state index in [1.807, 2.05) is 0 Å². The molecule has 12 heavy (non-hydrogen) atoms. The Morgan fingerprint density at radius 2 is 2.17 bits per heavy atom. The van der Waals surface area contributed by atoms with E-state index in [1.165, 1.54) is 0 Å². The van der Waals surface area contributed by atoms with Crippen LogP contribution in [0.4, 0.5) is 0 Å². The van der Waals surface area contributed by atoms with Gasteiger partial charge in [-0.1, -0.05) is 11.8 Å². The van der Waals surface area contributed by atoms with Crippen LogP contribution in [0.3, 0.4) is 0 Å². The molecule has 0 saturated carbocycles. The smallest absolute Gasteiger partial charge is 0.299 e. The fourth-order valence-corrected chi connectivity index (χ4v) is 2.04. The molecule has 5 heteroatoms. The number of nitrogens with one attached hydrogen (secondary N) is 1. The number of thioether (sulfide) groups is 1. The van der Waals surface area contributed by atoms with Gasteiger partial charge < -0.3 is 5.32 Å². The molecule has 68 valence electrons. The predicted octanol–water partition coefficient (Wildman–Crippen LogP) is 1.11. The first-order chi connectivity index (χ1) is 5.74. The molecule has 0 aromatic carbocycles. The van der Waals surface area contributed by atoms with Gasteiger partial charge >= 0.3 is 0 Å². The number of carbonyl (C=O) groups is 2. The third-order valence-electron chi connectivity index (χ3n) is 1.58. The molecule has 1 atom stereocenters. The molecule has 3 nitrogen and oxygen atoms in total. The van der Waals surface area contributed by atoms with Crippen molar-refractivity contribution >= 4 is 34.4 Å². The minimum Gasteiger partial charge on any atom is -0.336 e. The average molecular weight is 208 g/mol. The lowest BCUT2D eigenvalue weighted by Crippen LogP contribution is -2.25. The Morgan fingerprint density at radius 3 is 2.67 bits per heavy atom. The van der Waals surface area contributed by atoms with E-state index in [2.05, 4.69) is 5.32 Å². The highest BCUT2D eigenvalue weighted by atomic mass is 35.5. The minimum absolute atomic E-state index is 0.0202. The Hall–Kier alpha value is -0.220. The number of unbranched alkanes of at least 4 members (excludes halogenated alkanes) is 1. The summed E-state index contributed by atoms with van der Waals surface area (Å²) < 4.78 is 0. The molecule has 1 heterocycles. The second kappa shape index (κ2) is 4.72. The zero-order chi connectivity index (χ0) is 8.97. The Labute approximate surface area is 80.2 Å². The van der Waals surface area contributed by atoms with Gasteiger partial charge in [0.2, 0.25) is 0 Å². The van der Waals surface area contributed by atoms with Gasteiger partial charge in [-0.3, -0.25) is 9.59 Å². The summed E-state index contributed by atoms with van der Waals surface area (Å²) in [5.41, 5.74) is 0. The number of amides is 1. The quantitative estimate of drug-likeness (QED) is 0.427. The molecular formula is C7H10ClNO2S. The first kappa shape index (κ1) is 9.86. The fraction of sp³-hybridized carbons (Fsp3) is 0.714. The lowest BCUT2D eigenvalue weighted by Gasteiger charge is -2.05. The Bertz CT molecular complexity index is 182. The lowest BCUT2D eigenvalue weighted by atomic mass is 10.2. The highest BCUT2D eigenvalue weighted by Crippen LogP contribution is 2.21. The normalized spacial score (nSPS) is 22.9. The van der Waals surface area contributed by atoms with Crippen LogP contribution in [0.15, 0.2) is 0 Å². The zero-order valence-corrected chi connectivity index (χ0v) is 8.08. The number of hydrogen-bond donors (Lipinski definition) is 1. The maximum absolute atomic E-state index is 10.7. The minimum atomic E-state index is -0.462. The Morgan fingerprint density at radius 1 is 1.42 bits per heavy atom. The number of halogens is 1. The van der Waals surface area contributed by atoms with E-state index < -0.39 is 5.91 Å². The number of hydrogen-bond acceptors (Lipinski definition) is 3. The number of rotatable bonds is 4. The van der Waals surface area contributed by atoms with Crippen LogP contribution < -0.4 is 5.32 Å².